The molecule has 1 aliphatic rings. The maximum absolute atomic E-state index is 13.8. The molecular weight excluding hydrogens is 276 g/mol. The Morgan fingerprint density at radius 2 is 2.15 bits per heavy atom. The first-order valence-corrected chi connectivity index (χ1v) is 6.28. The normalized spacial score (nSPS) is 19.9. The SMILES string of the molecule is CN(CC1CNCCO1)c1ccc(C(F)(F)F)cc1F. The summed E-state index contributed by atoms with van der Waals surface area (Å²) in [7, 11) is 1.63. The molecular formula is C13H16F4N2O. The first kappa shape index (κ1) is 15.1. The third-order valence-corrected chi connectivity index (χ3v) is 3.17. The number of nitrogens with zero attached hydrogens (tertiary/aromatic N) is 1. The van der Waals surface area contributed by atoms with Gasteiger partial charge in [0.1, 0.15) is 5.82 Å². The number of halogens is 4. The highest BCUT2D eigenvalue weighted by Crippen LogP contribution is 2.32. The molecule has 1 unspecified atom stereocenters. The van der Waals surface area contributed by atoms with Crippen molar-refractivity contribution >= 4 is 5.69 Å². The molecule has 0 bridgehead atoms. The second-order valence-corrected chi connectivity index (χ2v) is 4.74. The van der Waals surface area contributed by atoms with Gasteiger partial charge < -0.3 is 15.0 Å². The molecule has 0 aliphatic carbocycles. The molecule has 2 rings (SSSR count). The van der Waals surface area contributed by atoms with E-state index < -0.39 is 17.6 Å². The van der Waals surface area contributed by atoms with Gasteiger partial charge in [-0.25, -0.2) is 4.39 Å². The standard InChI is InChI=1S/C13H16F4N2O/c1-19(8-10-7-18-4-5-20-10)12-3-2-9(6-11(12)14)13(15,16)17/h2-3,6,10,18H,4-5,7-8H2,1H3. The first-order chi connectivity index (χ1) is 9.38. The predicted octanol–water partition coefficient (Wildman–Crippen LogP) is 2.27. The Hall–Kier alpha value is -1.34. The monoisotopic (exact) mass is 292 g/mol. The molecule has 1 fully saturated rings. The van der Waals surface area contributed by atoms with Crippen molar-refractivity contribution in [2.75, 3.05) is 38.2 Å². The van der Waals surface area contributed by atoms with Crippen LogP contribution in [0.15, 0.2) is 18.2 Å². The topological polar surface area (TPSA) is 24.5 Å². The maximum atomic E-state index is 13.8. The number of alkyl halides is 3. The van der Waals surface area contributed by atoms with Crippen LogP contribution in [0.1, 0.15) is 5.56 Å². The Morgan fingerprint density at radius 3 is 2.70 bits per heavy atom. The van der Waals surface area contributed by atoms with E-state index in [1.807, 2.05) is 0 Å². The van der Waals surface area contributed by atoms with Gasteiger partial charge in [-0.1, -0.05) is 0 Å². The van der Waals surface area contributed by atoms with Crippen LogP contribution in [0.2, 0.25) is 0 Å². The van der Waals surface area contributed by atoms with Crippen molar-refractivity contribution in [3.8, 4) is 0 Å². The van der Waals surface area contributed by atoms with Crippen LogP contribution >= 0.6 is 0 Å². The van der Waals surface area contributed by atoms with Crippen molar-refractivity contribution in [2.24, 2.45) is 0 Å². The minimum atomic E-state index is -4.53. The smallest absolute Gasteiger partial charge is 0.374 e. The summed E-state index contributed by atoms with van der Waals surface area (Å²) in [6.45, 7) is 2.41. The largest absolute Gasteiger partial charge is 0.416 e. The second-order valence-electron chi connectivity index (χ2n) is 4.74. The molecule has 1 aromatic carbocycles. The Balaban J connectivity index is 2.07. The number of likely N-dealkylation sites (N-methyl/N-ethyl adjacent to an activating group) is 1. The van der Waals surface area contributed by atoms with E-state index in [2.05, 4.69) is 5.32 Å². The van der Waals surface area contributed by atoms with E-state index in [0.717, 1.165) is 18.7 Å². The molecule has 1 saturated heterocycles. The number of benzene rings is 1. The third kappa shape index (κ3) is 3.61. The zero-order valence-corrected chi connectivity index (χ0v) is 11.0. The van der Waals surface area contributed by atoms with E-state index in [1.165, 1.54) is 0 Å². The molecule has 0 saturated carbocycles. The lowest BCUT2D eigenvalue weighted by molar-refractivity contribution is -0.137. The molecule has 112 valence electrons. The quantitative estimate of drug-likeness (QED) is 0.865. The average molecular weight is 292 g/mol. The number of ether oxygens (including phenoxy) is 1. The van der Waals surface area contributed by atoms with Gasteiger partial charge in [-0.2, -0.15) is 13.2 Å². The average Bonchev–Trinajstić information content (AvgIpc) is 2.38. The highest BCUT2D eigenvalue weighted by molar-refractivity contribution is 5.49. The van der Waals surface area contributed by atoms with Gasteiger partial charge in [-0.05, 0) is 18.2 Å². The summed E-state index contributed by atoms with van der Waals surface area (Å²) in [5.74, 6) is -0.883. The molecule has 7 heteroatoms. The van der Waals surface area contributed by atoms with Crippen molar-refractivity contribution < 1.29 is 22.3 Å². The predicted molar refractivity (Wildman–Crippen MR) is 67.3 cm³/mol. The van der Waals surface area contributed by atoms with Crippen LogP contribution in [-0.4, -0.2) is 39.4 Å². The lowest BCUT2D eigenvalue weighted by Gasteiger charge is -2.29. The van der Waals surface area contributed by atoms with Crippen LogP contribution in [0, 0.1) is 5.82 Å². The molecule has 1 atom stereocenters. The number of morpholine rings is 1. The van der Waals surface area contributed by atoms with E-state index in [1.54, 1.807) is 11.9 Å². The van der Waals surface area contributed by atoms with Crippen molar-refractivity contribution in [1.29, 1.82) is 0 Å². The van der Waals surface area contributed by atoms with Crippen LogP contribution in [0.3, 0.4) is 0 Å². The van der Waals surface area contributed by atoms with E-state index in [4.69, 9.17) is 4.74 Å². The van der Waals surface area contributed by atoms with Gasteiger partial charge in [0.2, 0.25) is 0 Å². The van der Waals surface area contributed by atoms with E-state index in [-0.39, 0.29) is 11.8 Å². The minimum absolute atomic E-state index is 0.101. The Labute approximate surface area is 114 Å². The van der Waals surface area contributed by atoms with Crippen LogP contribution in [-0.2, 0) is 10.9 Å². The van der Waals surface area contributed by atoms with Crippen LogP contribution in [0.25, 0.3) is 0 Å². The van der Waals surface area contributed by atoms with Gasteiger partial charge >= 0.3 is 6.18 Å². The number of hydrogen-bond donors (Lipinski definition) is 1. The summed E-state index contributed by atoms with van der Waals surface area (Å²) < 4.78 is 56.7. The molecule has 1 N–H and O–H groups in total. The summed E-state index contributed by atoms with van der Waals surface area (Å²) in [5, 5.41) is 3.14. The van der Waals surface area contributed by atoms with Crippen molar-refractivity contribution in [1.82, 2.24) is 5.32 Å². The molecule has 0 spiro atoms. The fourth-order valence-corrected chi connectivity index (χ4v) is 2.13. The zero-order chi connectivity index (χ0) is 14.8. The summed E-state index contributed by atoms with van der Waals surface area (Å²) in [5.41, 5.74) is -0.852. The number of hydrogen-bond acceptors (Lipinski definition) is 3. The minimum Gasteiger partial charge on any atom is -0.374 e. The molecule has 3 nitrogen and oxygen atoms in total. The van der Waals surface area contributed by atoms with Crippen LogP contribution in [0.4, 0.5) is 23.2 Å². The van der Waals surface area contributed by atoms with Crippen LogP contribution in [0.5, 0.6) is 0 Å². The van der Waals surface area contributed by atoms with E-state index in [9.17, 15) is 17.6 Å². The van der Waals surface area contributed by atoms with Gasteiger partial charge in [0, 0.05) is 26.7 Å². The number of nitrogens with one attached hydrogen (secondary N) is 1. The molecule has 0 aromatic heterocycles. The summed E-state index contributed by atoms with van der Waals surface area (Å²) in [4.78, 5) is 1.56. The molecule has 1 aromatic rings. The summed E-state index contributed by atoms with van der Waals surface area (Å²) in [6.07, 6.45) is -4.63. The van der Waals surface area contributed by atoms with Gasteiger partial charge in [-0.15, -0.1) is 0 Å². The molecule has 0 amide bonds. The fraction of sp³-hybridized carbons (Fsp3) is 0.538. The van der Waals surface area contributed by atoms with Gasteiger partial charge in [0.05, 0.1) is 24.0 Å². The fourth-order valence-electron chi connectivity index (χ4n) is 2.13. The van der Waals surface area contributed by atoms with Gasteiger partial charge in [0.15, 0.2) is 0 Å². The molecule has 0 radical (unpaired) electrons. The Bertz CT molecular complexity index is 458. The summed E-state index contributed by atoms with van der Waals surface area (Å²) in [6, 6.07) is 2.55. The number of rotatable bonds is 3. The van der Waals surface area contributed by atoms with Crippen molar-refractivity contribution in [3.05, 3.63) is 29.6 Å². The lowest BCUT2D eigenvalue weighted by Crippen LogP contribution is -2.44. The van der Waals surface area contributed by atoms with E-state index >= 15 is 0 Å². The zero-order valence-electron chi connectivity index (χ0n) is 11.0. The first-order valence-electron chi connectivity index (χ1n) is 6.28. The van der Waals surface area contributed by atoms with Gasteiger partial charge in [-0.3, -0.25) is 0 Å². The maximum Gasteiger partial charge on any atom is 0.416 e. The van der Waals surface area contributed by atoms with Crippen molar-refractivity contribution in [2.45, 2.75) is 12.3 Å². The Kier molecular flexibility index (Phi) is 4.49. The molecule has 1 heterocycles. The van der Waals surface area contributed by atoms with Crippen LogP contribution < -0.4 is 10.2 Å². The summed E-state index contributed by atoms with van der Waals surface area (Å²) >= 11 is 0. The second kappa shape index (κ2) is 5.97. The highest BCUT2D eigenvalue weighted by atomic mass is 19.4. The van der Waals surface area contributed by atoms with Crippen molar-refractivity contribution in [3.63, 3.8) is 0 Å². The number of anilines is 1. The van der Waals surface area contributed by atoms with Gasteiger partial charge in [0.25, 0.3) is 0 Å². The van der Waals surface area contributed by atoms with E-state index in [0.29, 0.717) is 25.8 Å². The molecule has 1 aliphatic heterocycles. The Morgan fingerprint density at radius 1 is 1.40 bits per heavy atom. The molecule has 20 heavy (non-hydrogen) atoms. The highest BCUT2D eigenvalue weighted by Gasteiger charge is 2.31. The third-order valence-electron chi connectivity index (χ3n) is 3.17. The lowest BCUT2D eigenvalue weighted by atomic mass is 10.1.